The van der Waals surface area contributed by atoms with Gasteiger partial charge in [-0.2, -0.15) is 0 Å². The van der Waals surface area contributed by atoms with E-state index in [1.165, 1.54) is 30.3 Å². The van der Waals surface area contributed by atoms with Gasteiger partial charge in [0.2, 0.25) is 0 Å². The zero-order valence-corrected chi connectivity index (χ0v) is 14.8. The molecule has 4 nitrogen and oxygen atoms in total. The summed E-state index contributed by atoms with van der Waals surface area (Å²) in [4.78, 5) is 25.8. The van der Waals surface area contributed by atoms with Crippen molar-refractivity contribution in [2.75, 3.05) is 11.1 Å². The number of nitrogens with one attached hydrogen (secondary N) is 1. The van der Waals surface area contributed by atoms with Crippen LogP contribution in [0.25, 0.3) is 0 Å². The number of halogens is 1. The van der Waals surface area contributed by atoms with Gasteiger partial charge in [0.25, 0.3) is 5.91 Å². The van der Waals surface area contributed by atoms with Gasteiger partial charge in [0, 0.05) is 11.4 Å². The Labute approximate surface area is 156 Å². The lowest BCUT2D eigenvalue weighted by Gasteiger charge is -2.14. The zero-order valence-electron chi connectivity index (χ0n) is 14.8. The Kier molecular flexibility index (Phi) is 5.31. The quantitative estimate of drug-likeness (QED) is 0.520. The smallest absolute Gasteiger partial charge is 0.256 e. The van der Waals surface area contributed by atoms with E-state index in [0.29, 0.717) is 5.69 Å². The SMILES string of the molecule is CCc1ccccc1NC(=O)c1cccc(N)c1C(=O)c1ccccc1F. The molecule has 0 saturated carbocycles. The fourth-order valence-electron chi connectivity index (χ4n) is 2.93. The zero-order chi connectivity index (χ0) is 19.4. The number of hydrogen-bond acceptors (Lipinski definition) is 3. The number of nitrogens with two attached hydrogens (primary N) is 1. The average molecular weight is 362 g/mol. The Morgan fingerprint density at radius 1 is 0.926 bits per heavy atom. The van der Waals surface area contributed by atoms with Crippen molar-refractivity contribution in [1.82, 2.24) is 0 Å². The number of carbonyl (C=O) groups is 2. The summed E-state index contributed by atoms with van der Waals surface area (Å²) in [6, 6.07) is 17.7. The third-order valence-electron chi connectivity index (χ3n) is 4.33. The molecular weight excluding hydrogens is 343 g/mol. The molecule has 5 heteroatoms. The van der Waals surface area contributed by atoms with Crippen molar-refractivity contribution < 1.29 is 14.0 Å². The maximum Gasteiger partial charge on any atom is 0.256 e. The number of amides is 1. The molecule has 3 N–H and O–H groups in total. The van der Waals surface area contributed by atoms with Crippen LogP contribution < -0.4 is 11.1 Å². The first-order valence-electron chi connectivity index (χ1n) is 8.60. The normalized spacial score (nSPS) is 10.4. The van der Waals surface area contributed by atoms with Crippen molar-refractivity contribution in [3.05, 3.63) is 94.8 Å². The highest BCUT2D eigenvalue weighted by Crippen LogP contribution is 2.24. The number of para-hydroxylation sites is 1. The molecule has 0 fully saturated rings. The highest BCUT2D eigenvalue weighted by molar-refractivity contribution is 6.20. The van der Waals surface area contributed by atoms with Crippen LogP contribution in [0.1, 0.15) is 38.8 Å². The van der Waals surface area contributed by atoms with E-state index >= 15 is 0 Å². The molecule has 0 unspecified atom stereocenters. The van der Waals surface area contributed by atoms with Gasteiger partial charge < -0.3 is 11.1 Å². The first-order chi connectivity index (χ1) is 13.0. The van der Waals surface area contributed by atoms with Crippen LogP contribution in [0.2, 0.25) is 0 Å². The summed E-state index contributed by atoms with van der Waals surface area (Å²) in [6.45, 7) is 1.98. The van der Waals surface area contributed by atoms with Crippen molar-refractivity contribution in [3.63, 3.8) is 0 Å². The number of aryl methyl sites for hydroxylation is 1. The monoisotopic (exact) mass is 362 g/mol. The summed E-state index contributed by atoms with van der Waals surface area (Å²) in [5.74, 6) is -1.75. The average Bonchev–Trinajstić information content (AvgIpc) is 2.68. The van der Waals surface area contributed by atoms with Crippen LogP contribution in [0, 0.1) is 5.82 Å². The van der Waals surface area contributed by atoms with Gasteiger partial charge >= 0.3 is 0 Å². The molecule has 0 aliphatic carbocycles. The predicted molar refractivity (Wildman–Crippen MR) is 104 cm³/mol. The summed E-state index contributed by atoms with van der Waals surface area (Å²) in [5, 5.41) is 2.83. The molecule has 0 aromatic heterocycles. The molecule has 0 atom stereocenters. The summed E-state index contributed by atoms with van der Waals surface area (Å²) in [7, 11) is 0. The molecule has 136 valence electrons. The molecule has 0 heterocycles. The second-order valence-corrected chi connectivity index (χ2v) is 6.04. The Morgan fingerprint density at radius 2 is 1.59 bits per heavy atom. The van der Waals surface area contributed by atoms with Crippen LogP contribution >= 0.6 is 0 Å². The fourth-order valence-corrected chi connectivity index (χ4v) is 2.93. The molecule has 0 aliphatic rings. The Balaban J connectivity index is 2.02. The van der Waals surface area contributed by atoms with Gasteiger partial charge in [-0.05, 0) is 42.3 Å². The summed E-state index contributed by atoms with van der Waals surface area (Å²) < 4.78 is 14.1. The molecule has 0 radical (unpaired) electrons. The van der Waals surface area contributed by atoms with Crippen molar-refractivity contribution in [1.29, 1.82) is 0 Å². The maximum atomic E-state index is 14.1. The Hall–Kier alpha value is -3.47. The topological polar surface area (TPSA) is 72.2 Å². The number of nitrogen functional groups attached to an aromatic ring is 1. The van der Waals surface area contributed by atoms with Gasteiger partial charge in [0.1, 0.15) is 5.82 Å². The van der Waals surface area contributed by atoms with E-state index in [1.54, 1.807) is 18.2 Å². The third-order valence-corrected chi connectivity index (χ3v) is 4.33. The van der Waals surface area contributed by atoms with Crippen molar-refractivity contribution >= 4 is 23.1 Å². The highest BCUT2D eigenvalue weighted by Gasteiger charge is 2.23. The third kappa shape index (κ3) is 3.72. The highest BCUT2D eigenvalue weighted by atomic mass is 19.1. The van der Waals surface area contributed by atoms with Crippen LogP contribution in [0.5, 0.6) is 0 Å². The van der Waals surface area contributed by atoms with Gasteiger partial charge in [-0.1, -0.05) is 43.3 Å². The molecular formula is C22H19FN2O2. The van der Waals surface area contributed by atoms with E-state index < -0.39 is 17.5 Å². The van der Waals surface area contributed by atoms with Crippen molar-refractivity contribution in [2.24, 2.45) is 0 Å². The molecule has 0 bridgehead atoms. The van der Waals surface area contributed by atoms with Crippen molar-refractivity contribution in [2.45, 2.75) is 13.3 Å². The van der Waals surface area contributed by atoms with Crippen LogP contribution in [0.3, 0.4) is 0 Å². The predicted octanol–water partition coefficient (Wildman–Crippen LogP) is 4.45. The molecule has 3 rings (SSSR count). The first kappa shape index (κ1) is 18.3. The van der Waals surface area contributed by atoms with Gasteiger partial charge in [-0.3, -0.25) is 9.59 Å². The van der Waals surface area contributed by atoms with Crippen LogP contribution in [0.15, 0.2) is 66.7 Å². The first-order valence-corrected chi connectivity index (χ1v) is 8.60. The minimum Gasteiger partial charge on any atom is -0.398 e. The summed E-state index contributed by atoms with van der Waals surface area (Å²) >= 11 is 0. The van der Waals surface area contributed by atoms with Crippen LogP contribution in [0.4, 0.5) is 15.8 Å². The Morgan fingerprint density at radius 3 is 2.33 bits per heavy atom. The van der Waals surface area contributed by atoms with Gasteiger partial charge in [0.05, 0.1) is 16.7 Å². The lowest BCUT2D eigenvalue weighted by Crippen LogP contribution is -2.19. The number of hydrogen-bond donors (Lipinski definition) is 2. The number of anilines is 2. The lowest BCUT2D eigenvalue weighted by molar-refractivity contribution is 0.0995. The maximum absolute atomic E-state index is 14.1. The number of carbonyl (C=O) groups excluding carboxylic acids is 2. The van der Waals surface area contributed by atoms with Gasteiger partial charge in [0.15, 0.2) is 5.78 Å². The van der Waals surface area contributed by atoms with Crippen LogP contribution in [-0.4, -0.2) is 11.7 Å². The van der Waals surface area contributed by atoms with E-state index in [9.17, 15) is 14.0 Å². The number of benzene rings is 3. The van der Waals surface area contributed by atoms with E-state index in [2.05, 4.69) is 5.32 Å². The number of ketones is 1. The molecule has 0 aliphatic heterocycles. The fraction of sp³-hybridized carbons (Fsp3) is 0.0909. The molecule has 3 aromatic carbocycles. The Bertz CT molecular complexity index is 1010. The van der Waals surface area contributed by atoms with Gasteiger partial charge in [-0.15, -0.1) is 0 Å². The summed E-state index contributed by atoms with van der Waals surface area (Å²) in [6.07, 6.45) is 0.744. The lowest BCUT2D eigenvalue weighted by atomic mass is 9.95. The molecule has 0 saturated heterocycles. The van der Waals surface area contributed by atoms with Crippen LogP contribution in [-0.2, 0) is 6.42 Å². The molecule has 1 amide bonds. The van der Waals surface area contributed by atoms with Crippen molar-refractivity contribution in [3.8, 4) is 0 Å². The molecule has 3 aromatic rings. The van der Waals surface area contributed by atoms with Gasteiger partial charge in [-0.25, -0.2) is 4.39 Å². The number of rotatable bonds is 5. The molecule has 27 heavy (non-hydrogen) atoms. The van der Waals surface area contributed by atoms with E-state index in [4.69, 9.17) is 5.73 Å². The molecule has 0 spiro atoms. The second kappa shape index (κ2) is 7.83. The van der Waals surface area contributed by atoms with E-state index in [-0.39, 0.29) is 22.4 Å². The second-order valence-electron chi connectivity index (χ2n) is 6.04. The van der Waals surface area contributed by atoms with E-state index in [1.807, 2.05) is 25.1 Å². The minimum absolute atomic E-state index is 0.00548. The standard InChI is InChI=1S/C22H19FN2O2/c1-2-14-8-3-6-13-19(14)25-22(27)16-10-7-12-18(24)20(16)21(26)15-9-4-5-11-17(15)23/h3-13H,2,24H2,1H3,(H,25,27). The van der Waals surface area contributed by atoms with E-state index in [0.717, 1.165) is 12.0 Å². The largest absolute Gasteiger partial charge is 0.398 e. The minimum atomic E-state index is -0.659. The summed E-state index contributed by atoms with van der Waals surface area (Å²) in [5.41, 5.74) is 7.70.